The van der Waals surface area contributed by atoms with Crippen LogP contribution in [0.15, 0.2) is 66.2 Å². The molecule has 0 unspecified atom stereocenters. The number of carbonyl (C=O) groups is 2. The largest absolute Gasteiger partial charge is 0.477 e. The van der Waals surface area contributed by atoms with Gasteiger partial charge in [-0.15, -0.1) is 0 Å². The van der Waals surface area contributed by atoms with Gasteiger partial charge in [-0.3, -0.25) is 4.89 Å². The zero-order valence-electron chi connectivity index (χ0n) is 10.9. The molecule has 0 fully saturated rings. The predicted octanol–water partition coefficient (Wildman–Crippen LogP) is 2.69. The van der Waals surface area contributed by atoms with Crippen molar-refractivity contribution in [2.75, 3.05) is 0 Å². The summed E-state index contributed by atoms with van der Waals surface area (Å²) in [5.41, 5.74) is 0.0590. The fourth-order valence-electron chi connectivity index (χ4n) is 1.53. The van der Waals surface area contributed by atoms with E-state index in [1.54, 1.807) is 60.7 Å². The van der Waals surface area contributed by atoms with E-state index in [2.05, 4.69) is 4.89 Å². The molecule has 1 N–H and O–H groups in total. The number of para-hydroxylation sites is 1. The highest BCUT2D eigenvalue weighted by molar-refractivity contribution is 6.16. The number of carboxylic acids is 1. The van der Waals surface area contributed by atoms with Crippen LogP contribution in [0.4, 0.5) is 0 Å². The zero-order valence-corrected chi connectivity index (χ0v) is 10.9. The summed E-state index contributed by atoms with van der Waals surface area (Å²) >= 11 is 0. The second kappa shape index (κ2) is 6.91. The van der Waals surface area contributed by atoms with Crippen LogP contribution in [0.25, 0.3) is 6.08 Å². The van der Waals surface area contributed by atoms with Gasteiger partial charge in [-0.05, 0) is 23.8 Å². The van der Waals surface area contributed by atoms with Gasteiger partial charge in [0.25, 0.3) is 0 Å². The highest BCUT2D eigenvalue weighted by atomic mass is 17.2. The molecule has 5 nitrogen and oxygen atoms in total. The molecule has 0 amide bonds. The van der Waals surface area contributed by atoms with E-state index in [9.17, 15) is 9.59 Å². The lowest BCUT2D eigenvalue weighted by molar-refractivity contribution is -0.209. The Bertz CT molecular complexity index is 647. The molecule has 0 aromatic heterocycles. The van der Waals surface area contributed by atoms with Gasteiger partial charge >= 0.3 is 11.9 Å². The summed E-state index contributed by atoms with van der Waals surface area (Å²) in [6, 6.07) is 16.9. The number of aliphatic carboxylic acids is 1. The first-order chi connectivity index (χ1) is 10.2. The molecule has 5 heteroatoms. The van der Waals surface area contributed by atoms with Gasteiger partial charge in [0.2, 0.25) is 0 Å². The van der Waals surface area contributed by atoms with E-state index in [-0.39, 0.29) is 0 Å². The maximum absolute atomic E-state index is 11.8. The smallest absolute Gasteiger partial charge is 0.393 e. The Morgan fingerprint density at radius 3 is 2.05 bits per heavy atom. The van der Waals surface area contributed by atoms with Gasteiger partial charge in [0.05, 0.1) is 0 Å². The number of benzene rings is 2. The standard InChI is InChI=1S/C16H12O5/c17-15(18)14(11-12-7-3-1-4-8-12)16(19)21-20-13-9-5-2-6-10-13/h1-11H,(H,17,18). The van der Waals surface area contributed by atoms with Crippen molar-refractivity contribution in [2.24, 2.45) is 0 Å². The molecule has 21 heavy (non-hydrogen) atoms. The lowest BCUT2D eigenvalue weighted by Gasteiger charge is -2.04. The first-order valence-corrected chi connectivity index (χ1v) is 6.11. The minimum Gasteiger partial charge on any atom is -0.477 e. The van der Waals surface area contributed by atoms with Crippen LogP contribution in [0.5, 0.6) is 5.75 Å². The maximum Gasteiger partial charge on any atom is 0.393 e. The maximum atomic E-state index is 11.8. The van der Waals surface area contributed by atoms with Crippen LogP contribution in [0.3, 0.4) is 0 Å². The molecule has 0 heterocycles. The van der Waals surface area contributed by atoms with E-state index in [0.717, 1.165) is 0 Å². The van der Waals surface area contributed by atoms with Crippen molar-refractivity contribution >= 4 is 18.0 Å². The van der Waals surface area contributed by atoms with Crippen molar-refractivity contribution in [1.82, 2.24) is 0 Å². The molecule has 0 saturated heterocycles. The molecule has 0 saturated carbocycles. The van der Waals surface area contributed by atoms with Crippen molar-refractivity contribution in [3.8, 4) is 5.75 Å². The molecule has 0 bridgehead atoms. The Kier molecular flexibility index (Phi) is 4.71. The van der Waals surface area contributed by atoms with Crippen molar-refractivity contribution < 1.29 is 24.5 Å². The lowest BCUT2D eigenvalue weighted by atomic mass is 10.1. The quantitative estimate of drug-likeness (QED) is 0.300. The monoisotopic (exact) mass is 284 g/mol. The zero-order chi connectivity index (χ0) is 15.1. The van der Waals surface area contributed by atoms with Gasteiger partial charge in [-0.1, -0.05) is 48.5 Å². The Labute approximate surface area is 121 Å². The number of hydrogen-bond donors (Lipinski definition) is 1. The normalized spacial score (nSPS) is 10.8. The fraction of sp³-hybridized carbons (Fsp3) is 0. The highest BCUT2D eigenvalue weighted by Gasteiger charge is 2.20. The van der Waals surface area contributed by atoms with Crippen LogP contribution in [-0.4, -0.2) is 17.0 Å². The number of carbonyl (C=O) groups excluding carboxylic acids is 1. The van der Waals surface area contributed by atoms with Crippen LogP contribution in [-0.2, 0) is 14.5 Å². The van der Waals surface area contributed by atoms with Crippen LogP contribution in [0.1, 0.15) is 5.56 Å². The average Bonchev–Trinajstić information content (AvgIpc) is 2.52. The molecule has 0 aliphatic carbocycles. The van der Waals surface area contributed by atoms with E-state index < -0.39 is 17.5 Å². The summed E-state index contributed by atoms with van der Waals surface area (Å²) in [4.78, 5) is 32.2. The Balaban J connectivity index is 2.10. The summed E-state index contributed by atoms with van der Waals surface area (Å²) in [7, 11) is 0. The number of rotatable bonds is 5. The average molecular weight is 284 g/mol. The second-order valence-electron chi connectivity index (χ2n) is 4.04. The highest BCUT2D eigenvalue weighted by Crippen LogP contribution is 2.12. The Morgan fingerprint density at radius 1 is 0.905 bits per heavy atom. The summed E-state index contributed by atoms with van der Waals surface area (Å²) in [6.07, 6.45) is 1.22. The molecular formula is C16H12O5. The first kappa shape index (κ1) is 14.3. The topological polar surface area (TPSA) is 72.8 Å². The third kappa shape index (κ3) is 4.21. The first-order valence-electron chi connectivity index (χ1n) is 6.11. The van der Waals surface area contributed by atoms with Gasteiger partial charge < -0.3 is 5.11 Å². The second-order valence-corrected chi connectivity index (χ2v) is 4.04. The molecule has 2 rings (SSSR count). The molecule has 106 valence electrons. The van der Waals surface area contributed by atoms with E-state index in [4.69, 9.17) is 9.99 Å². The summed E-state index contributed by atoms with van der Waals surface area (Å²) in [5, 5.41) is 9.08. The summed E-state index contributed by atoms with van der Waals surface area (Å²) < 4.78 is 0. The van der Waals surface area contributed by atoms with E-state index in [1.165, 1.54) is 6.08 Å². The molecule has 0 atom stereocenters. The summed E-state index contributed by atoms with van der Waals surface area (Å²) in [5.74, 6) is -2.16. The molecule has 0 aliphatic rings. The summed E-state index contributed by atoms with van der Waals surface area (Å²) in [6.45, 7) is 0. The molecule has 0 aliphatic heterocycles. The van der Waals surface area contributed by atoms with Gasteiger partial charge in [0, 0.05) is 0 Å². The van der Waals surface area contributed by atoms with Gasteiger partial charge in [0.1, 0.15) is 5.57 Å². The fourth-order valence-corrected chi connectivity index (χ4v) is 1.53. The van der Waals surface area contributed by atoms with Crippen molar-refractivity contribution in [2.45, 2.75) is 0 Å². The van der Waals surface area contributed by atoms with Crippen LogP contribution in [0.2, 0.25) is 0 Å². The molecule has 0 radical (unpaired) electrons. The van der Waals surface area contributed by atoms with Crippen LogP contribution in [0, 0.1) is 0 Å². The minimum atomic E-state index is -1.39. The minimum absolute atomic E-state index is 0.301. The number of carboxylic acid groups (broad SMARTS) is 1. The SMILES string of the molecule is O=C(O)C(=Cc1ccccc1)C(=O)OOc1ccccc1. The van der Waals surface area contributed by atoms with Crippen molar-refractivity contribution in [1.29, 1.82) is 0 Å². The van der Waals surface area contributed by atoms with E-state index in [0.29, 0.717) is 11.3 Å². The lowest BCUT2D eigenvalue weighted by Crippen LogP contribution is -2.17. The van der Waals surface area contributed by atoms with Gasteiger partial charge in [-0.2, -0.15) is 0 Å². The van der Waals surface area contributed by atoms with Crippen LogP contribution >= 0.6 is 0 Å². The number of hydrogen-bond acceptors (Lipinski definition) is 4. The van der Waals surface area contributed by atoms with Gasteiger partial charge in [-0.25, -0.2) is 14.5 Å². The van der Waals surface area contributed by atoms with Crippen molar-refractivity contribution in [3.05, 3.63) is 71.8 Å². The van der Waals surface area contributed by atoms with E-state index in [1.807, 2.05) is 0 Å². The van der Waals surface area contributed by atoms with Gasteiger partial charge in [0.15, 0.2) is 5.75 Å². The molecule has 2 aromatic carbocycles. The Hall–Kier alpha value is -3.08. The molecule has 0 spiro atoms. The predicted molar refractivity (Wildman–Crippen MR) is 75.2 cm³/mol. The van der Waals surface area contributed by atoms with Crippen LogP contribution < -0.4 is 4.89 Å². The third-order valence-corrected chi connectivity index (χ3v) is 2.52. The molecule has 2 aromatic rings. The third-order valence-electron chi connectivity index (χ3n) is 2.52. The van der Waals surface area contributed by atoms with E-state index >= 15 is 0 Å². The Morgan fingerprint density at radius 2 is 1.48 bits per heavy atom. The molecular weight excluding hydrogens is 272 g/mol. The van der Waals surface area contributed by atoms with Crippen molar-refractivity contribution in [3.63, 3.8) is 0 Å².